The van der Waals surface area contributed by atoms with E-state index in [1.54, 1.807) is 0 Å². The molecule has 0 amide bonds. The molecular formula is C22H48. The molecule has 0 aromatic carbocycles. The summed E-state index contributed by atoms with van der Waals surface area (Å²) in [6.07, 6.45) is 12.5. The average Bonchev–Trinajstić information content (AvgIpc) is 2.38. The van der Waals surface area contributed by atoms with Gasteiger partial charge in [-0.2, -0.15) is 0 Å². The summed E-state index contributed by atoms with van der Waals surface area (Å²) in [5.74, 6) is 2.73. The molecule has 0 spiro atoms. The van der Waals surface area contributed by atoms with E-state index in [4.69, 9.17) is 0 Å². The molecule has 0 aromatic heterocycles. The highest BCUT2D eigenvalue weighted by Gasteiger charge is 2.13. The monoisotopic (exact) mass is 312 g/mol. The molecule has 0 heterocycles. The van der Waals surface area contributed by atoms with Crippen molar-refractivity contribution < 1.29 is 0 Å². The highest BCUT2D eigenvalue weighted by molar-refractivity contribution is 4.66. The molecule has 0 fully saturated rings. The summed E-state index contributed by atoms with van der Waals surface area (Å²) < 4.78 is 0. The second-order valence-corrected chi connectivity index (χ2v) is 9.02. The fraction of sp³-hybridized carbons (Fsp3) is 1.00. The van der Waals surface area contributed by atoms with Crippen LogP contribution in [0.1, 0.15) is 120 Å². The van der Waals surface area contributed by atoms with Gasteiger partial charge in [-0.05, 0) is 29.6 Å². The lowest BCUT2D eigenvalue weighted by Gasteiger charge is -2.22. The van der Waals surface area contributed by atoms with E-state index in [-0.39, 0.29) is 0 Å². The summed E-state index contributed by atoms with van der Waals surface area (Å²) >= 11 is 0. The largest absolute Gasteiger partial charge is 0.0654 e. The van der Waals surface area contributed by atoms with E-state index < -0.39 is 0 Å². The third kappa shape index (κ3) is 20.0. The Morgan fingerprint density at radius 1 is 0.682 bits per heavy atom. The molecule has 0 radical (unpaired) electrons. The molecule has 0 aliphatic carbocycles. The summed E-state index contributed by atoms with van der Waals surface area (Å²) in [5.41, 5.74) is 0.578. The van der Waals surface area contributed by atoms with Crippen molar-refractivity contribution in [3.63, 3.8) is 0 Å². The molecule has 0 nitrogen and oxygen atoms in total. The molecule has 22 heavy (non-hydrogen) atoms. The summed E-state index contributed by atoms with van der Waals surface area (Å²) in [7, 11) is 0. The number of hydrogen-bond donors (Lipinski definition) is 0. The molecule has 0 rings (SSSR count). The zero-order valence-corrected chi connectivity index (χ0v) is 17.6. The molecule has 136 valence electrons. The van der Waals surface area contributed by atoms with Gasteiger partial charge in [0.2, 0.25) is 0 Å². The Balaban J connectivity index is 0. The molecule has 0 saturated carbocycles. The van der Waals surface area contributed by atoms with E-state index in [1.807, 2.05) is 0 Å². The lowest BCUT2D eigenvalue weighted by Crippen LogP contribution is -2.09. The second-order valence-electron chi connectivity index (χ2n) is 9.02. The van der Waals surface area contributed by atoms with Crippen LogP contribution in [-0.2, 0) is 0 Å². The molecule has 0 saturated heterocycles. The molecule has 1 atom stereocenters. The second kappa shape index (κ2) is 14.6. The first-order valence-corrected chi connectivity index (χ1v) is 10.1. The standard InChI is InChI=1S/2C11H24/c1-6-11(4,5)9-7-8-10(2)3;1-5-7-11(4)9-6-8-10(2)3/h10H,6-9H2,1-5H3;10-11H,5-9H2,1-4H3. The Bertz CT molecular complexity index is 212. The Kier molecular flexibility index (Phi) is 16.1. The van der Waals surface area contributed by atoms with Crippen LogP contribution in [0.3, 0.4) is 0 Å². The van der Waals surface area contributed by atoms with Gasteiger partial charge in [0.05, 0.1) is 0 Å². The van der Waals surface area contributed by atoms with Crippen LogP contribution in [0.5, 0.6) is 0 Å². The highest BCUT2D eigenvalue weighted by atomic mass is 14.2. The van der Waals surface area contributed by atoms with E-state index in [9.17, 15) is 0 Å². The van der Waals surface area contributed by atoms with E-state index in [0.717, 1.165) is 17.8 Å². The van der Waals surface area contributed by atoms with Crippen molar-refractivity contribution in [2.45, 2.75) is 120 Å². The van der Waals surface area contributed by atoms with Gasteiger partial charge in [0.25, 0.3) is 0 Å². The first-order chi connectivity index (χ1) is 10.1. The number of hydrogen-bond acceptors (Lipinski definition) is 0. The quantitative estimate of drug-likeness (QED) is 0.358. The van der Waals surface area contributed by atoms with Crippen molar-refractivity contribution in [1.29, 1.82) is 0 Å². The maximum absolute atomic E-state index is 2.38. The topological polar surface area (TPSA) is 0 Å². The molecule has 0 heteroatoms. The highest BCUT2D eigenvalue weighted by Crippen LogP contribution is 2.27. The molecule has 0 aliphatic heterocycles. The number of rotatable bonds is 11. The summed E-state index contributed by atoms with van der Waals surface area (Å²) in [4.78, 5) is 0. The summed E-state index contributed by atoms with van der Waals surface area (Å²) in [5, 5.41) is 0. The van der Waals surface area contributed by atoms with Gasteiger partial charge >= 0.3 is 0 Å². The molecular weight excluding hydrogens is 264 g/mol. The Labute approximate surface area is 143 Å². The predicted octanol–water partition coefficient (Wildman–Crippen LogP) is 8.50. The summed E-state index contributed by atoms with van der Waals surface area (Å²) in [6.45, 7) is 20.9. The van der Waals surface area contributed by atoms with Gasteiger partial charge in [-0.25, -0.2) is 0 Å². The van der Waals surface area contributed by atoms with Crippen LogP contribution in [0.2, 0.25) is 0 Å². The fourth-order valence-electron chi connectivity index (χ4n) is 2.68. The van der Waals surface area contributed by atoms with Gasteiger partial charge in [0.15, 0.2) is 0 Å². The maximum Gasteiger partial charge on any atom is -0.0357 e. The van der Waals surface area contributed by atoms with Gasteiger partial charge < -0.3 is 0 Å². The van der Waals surface area contributed by atoms with Crippen LogP contribution < -0.4 is 0 Å². The zero-order valence-electron chi connectivity index (χ0n) is 17.6. The van der Waals surface area contributed by atoms with E-state index in [1.165, 1.54) is 57.8 Å². The third-order valence-electron chi connectivity index (χ3n) is 4.85. The minimum Gasteiger partial charge on any atom is -0.0654 e. The normalized spacial score (nSPS) is 13.2. The van der Waals surface area contributed by atoms with Gasteiger partial charge in [-0.3, -0.25) is 0 Å². The van der Waals surface area contributed by atoms with Crippen LogP contribution in [0.25, 0.3) is 0 Å². The maximum atomic E-state index is 2.38. The van der Waals surface area contributed by atoms with Crippen LogP contribution in [0.4, 0.5) is 0 Å². The minimum absolute atomic E-state index is 0.578. The van der Waals surface area contributed by atoms with Crippen molar-refractivity contribution in [2.75, 3.05) is 0 Å². The summed E-state index contributed by atoms with van der Waals surface area (Å²) in [6, 6.07) is 0. The fourth-order valence-corrected chi connectivity index (χ4v) is 2.68. The van der Waals surface area contributed by atoms with Gasteiger partial charge in [0.1, 0.15) is 0 Å². The van der Waals surface area contributed by atoms with Crippen molar-refractivity contribution in [3.05, 3.63) is 0 Å². The van der Waals surface area contributed by atoms with Crippen LogP contribution in [0, 0.1) is 23.2 Å². The average molecular weight is 313 g/mol. The van der Waals surface area contributed by atoms with E-state index >= 15 is 0 Å². The van der Waals surface area contributed by atoms with Crippen molar-refractivity contribution in [1.82, 2.24) is 0 Å². The molecule has 1 unspecified atom stereocenters. The van der Waals surface area contributed by atoms with Crippen LogP contribution in [-0.4, -0.2) is 0 Å². The van der Waals surface area contributed by atoms with Crippen LogP contribution in [0.15, 0.2) is 0 Å². The molecule has 0 aliphatic rings. The van der Waals surface area contributed by atoms with Crippen molar-refractivity contribution in [2.24, 2.45) is 23.2 Å². The van der Waals surface area contributed by atoms with E-state index in [2.05, 4.69) is 62.3 Å². The first-order valence-electron chi connectivity index (χ1n) is 10.1. The van der Waals surface area contributed by atoms with Crippen LogP contribution >= 0.6 is 0 Å². The molecule has 0 aromatic rings. The van der Waals surface area contributed by atoms with Gasteiger partial charge in [-0.15, -0.1) is 0 Å². The Hall–Kier alpha value is 0. The van der Waals surface area contributed by atoms with Crippen molar-refractivity contribution >= 4 is 0 Å². The first kappa shape index (κ1) is 24.3. The lowest BCUT2D eigenvalue weighted by molar-refractivity contribution is 0.301. The third-order valence-corrected chi connectivity index (χ3v) is 4.85. The smallest absolute Gasteiger partial charge is 0.0357 e. The van der Waals surface area contributed by atoms with E-state index in [0.29, 0.717) is 5.41 Å². The molecule has 0 N–H and O–H groups in total. The van der Waals surface area contributed by atoms with Gasteiger partial charge in [-0.1, -0.05) is 114 Å². The Morgan fingerprint density at radius 2 is 1.18 bits per heavy atom. The van der Waals surface area contributed by atoms with Gasteiger partial charge in [0, 0.05) is 0 Å². The Morgan fingerprint density at radius 3 is 1.59 bits per heavy atom. The molecule has 0 bridgehead atoms. The predicted molar refractivity (Wildman–Crippen MR) is 106 cm³/mol. The SMILES string of the molecule is CCC(C)(C)CCCC(C)C.CCCC(C)CCCC(C)C. The zero-order chi connectivity index (χ0) is 17.6. The lowest BCUT2D eigenvalue weighted by atomic mass is 9.84. The minimum atomic E-state index is 0.578. The van der Waals surface area contributed by atoms with Crippen molar-refractivity contribution in [3.8, 4) is 0 Å².